The molecule has 0 aliphatic heterocycles. The van der Waals surface area contributed by atoms with Crippen molar-refractivity contribution in [3.05, 3.63) is 66.5 Å². The van der Waals surface area contributed by atoms with Crippen LogP contribution < -0.4 is 16.1 Å². The summed E-state index contributed by atoms with van der Waals surface area (Å²) in [7, 11) is 3.16. The Morgan fingerprint density at radius 2 is 2.03 bits per heavy atom. The molecule has 0 unspecified atom stereocenters. The summed E-state index contributed by atoms with van der Waals surface area (Å²) in [5.41, 5.74) is 5.60. The summed E-state index contributed by atoms with van der Waals surface area (Å²) < 4.78 is 18.9. The first kappa shape index (κ1) is 23.2. The number of anilines is 1. The number of amidine groups is 1. The van der Waals surface area contributed by atoms with E-state index in [0.717, 1.165) is 5.56 Å². The SMILES string of the molecule is COC/C(=N\c1ccc(-c2ccnc(F)c2)nc1NCc1cccnc1)NCCNOC. The third-order valence-electron chi connectivity index (χ3n) is 4.32. The monoisotopic (exact) mass is 439 g/mol. The zero-order valence-electron chi connectivity index (χ0n) is 18.0. The highest BCUT2D eigenvalue weighted by Gasteiger charge is 2.10. The van der Waals surface area contributed by atoms with E-state index in [9.17, 15) is 4.39 Å². The largest absolute Gasteiger partial charge is 0.377 e. The van der Waals surface area contributed by atoms with E-state index < -0.39 is 5.95 Å². The van der Waals surface area contributed by atoms with Gasteiger partial charge in [-0.15, -0.1) is 0 Å². The van der Waals surface area contributed by atoms with Gasteiger partial charge in [-0.25, -0.2) is 20.4 Å². The Hall–Kier alpha value is -3.47. The lowest BCUT2D eigenvalue weighted by Gasteiger charge is -2.13. The van der Waals surface area contributed by atoms with E-state index in [4.69, 9.17) is 14.6 Å². The number of halogens is 1. The van der Waals surface area contributed by atoms with Gasteiger partial charge in [0.15, 0.2) is 5.82 Å². The van der Waals surface area contributed by atoms with E-state index in [0.29, 0.717) is 54.8 Å². The van der Waals surface area contributed by atoms with Crippen molar-refractivity contribution in [3.8, 4) is 11.3 Å². The second-order valence-corrected chi connectivity index (χ2v) is 6.66. The number of nitrogens with zero attached hydrogens (tertiary/aromatic N) is 4. The Bertz CT molecular complexity index is 1020. The van der Waals surface area contributed by atoms with Crippen LogP contribution in [0.2, 0.25) is 0 Å². The fourth-order valence-corrected chi connectivity index (χ4v) is 2.85. The first-order valence-electron chi connectivity index (χ1n) is 10.0. The van der Waals surface area contributed by atoms with Gasteiger partial charge in [-0.1, -0.05) is 6.07 Å². The molecule has 0 spiro atoms. The Morgan fingerprint density at radius 3 is 2.78 bits per heavy atom. The molecule has 0 amide bonds. The van der Waals surface area contributed by atoms with Gasteiger partial charge >= 0.3 is 0 Å². The van der Waals surface area contributed by atoms with E-state index >= 15 is 0 Å². The molecule has 0 aromatic carbocycles. The molecule has 3 aromatic rings. The smallest absolute Gasteiger partial charge is 0.213 e. The molecule has 0 aliphatic carbocycles. The number of hydroxylamine groups is 1. The second-order valence-electron chi connectivity index (χ2n) is 6.66. The predicted octanol–water partition coefficient (Wildman–Crippen LogP) is 2.71. The predicted molar refractivity (Wildman–Crippen MR) is 121 cm³/mol. The van der Waals surface area contributed by atoms with E-state index in [-0.39, 0.29) is 0 Å². The summed E-state index contributed by atoms with van der Waals surface area (Å²) >= 11 is 0. The van der Waals surface area contributed by atoms with Crippen molar-refractivity contribution in [1.82, 2.24) is 25.7 Å². The van der Waals surface area contributed by atoms with Crippen molar-refractivity contribution in [3.63, 3.8) is 0 Å². The van der Waals surface area contributed by atoms with Gasteiger partial charge in [0.1, 0.15) is 18.1 Å². The van der Waals surface area contributed by atoms with Crippen LogP contribution in [-0.2, 0) is 16.1 Å². The first-order chi connectivity index (χ1) is 15.7. The minimum absolute atomic E-state index is 0.298. The maximum Gasteiger partial charge on any atom is 0.213 e. The summed E-state index contributed by atoms with van der Waals surface area (Å²) in [5, 5.41) is 6.53. The fourth-order valence-electron chi connectivity index (χ4n) is 2.85. The molecule has 168 valence electrons. The Balaban J connectivity index is 1.89. The van der Waals surface area contributed by atoms with Crippen molar-refractivity contribution < 1.29 is 14.0 Å². The van der Waals surface area contributed by atoms with Gasteiger partial charge in [-0.05, 0) is 29.8 Å². The van der Waals surface area contributed by atoms with Gasteiger partial charge in [0, 0.05) is 57.0 Å². The van der Waals surface area contributed by atoms with Gasteiger partial charge in [-0.2, -0.15) is 4.39 Å². The number of nitrogens with one attached hydrogen (secondary N) is 3. The molecule has 9 nitrogen and oxygen atoms in total. The third-order valence-corrected chi connectivity index (χ3v) is 4.32. The van der Waals surface area contributed by atoms with Crippen LogP contribution in [0.5, 0.6) is 0 Å². The Kier molecular flexibility index (Phi) is 8.99. The quantitative estimate of drug-likeness (QED) is 0.138. The highest BCUT2D eigenvalue weighted by atomic mass is 19.1. The molecule has 0 radical (unpaired) electrons. The fraction of sp³-hybridized carbons (Fsp3) is 0.273. The van der Waals surface area contributed by atoms with Crippen LogP contribution in [0.4, 0.5) is 15.9 Å². The van der Waals surface area contributed by atoms with Gasteiger partial charge in [0.05, 0.1) is 12.8 Å². The van der Waals surface area contributed by atoms with E-state index in [1.807, 2.05) is 18.2 Å². The van der Waals surface area contributed by atoms with Gasteiger partial charge in [-0.3, -0.25) is 4.98 Å². The molecule has 3 N–H and O–H groups in total. The summed E-state index contributed by atoms with van der Waals surface area (Å²) in [6.45, 7) is 1.99. The van der Waals surface area contributed by atoms with Crippen LogP contribution in [0.1, 0.15) is 5.56 Å². The molecule has 3 rings (SSSR count). The minimum Gasteiger partial charge on any atom is -0.377 e. The summed E-state index contributed by atoms with van der Waals surface area (Å²) in [6.07, 6.45) is 4.91. The number of hydrogen-bond acceptors (Lipinski definition) is 8. The van der Waals surface area contributed by atoms with Crippen molar-refractivity contribution >= 4 is 17.3 Å². The summed E-state index contributed by atoms with van der Waals surface area (Å²) in [5.74, 6) is 0.626. The molecular formula is C22H26FN7O2. The molecule has 32 heavy (non-hydrogen) atoms. The van der Waals surface area contributed by atoms with E-state index in [1.165, 1.54) is 12.3 Å². The van der Waals surface area contributed by atoms with E-state index in [1.54, 1.807) is 38.7 Å². The lowest BCUT2D eigenvalue weighted by atomic mass is 10.1. The molecule has 0 aliphatic rings. The molecular weight excluding hydrogens is 413 g/mol. The molecule has 0 saturated heterocycles. The van der Waals surface area contributed by atoms with Gasteiger partial charge in [0.2, 0.25) is 5.95 Å². The van der Waals surface area contributed by atoms with Gasteiger partial charge < -0.3 is 20.2 Å². The molecule has 3 aromatic heterocycles. The normalized spacial score (nSPS) is 11.4. The van der Waals surface area contributed by atoms with Crippen LogP contribution in [-0.4, -0.2) is 54.7 Å². The maximum absolute atomic E-state index is 13.6. The lowest BCUT2D eigenvalue weighted by Crippen LogP contribution is -2.33. The van der Waals surface area contributed by atoms with Crippen LogP contribution in [0.15, 0.2) is 60.0 Å². The topological polar surface area (TPSA) is 106 Å². The number of pyridine rings is 3. The van der Waals surface area contributed by atoms with Gasteiger partial charge in [0.25, 0.3) is 0 Å². The number of rotatable bonds is 11. The molecule has 0 fully saturated rings. The van der Waals surface area contributed by atoms with Crippen molar-refractivity contribution in [2.75, 3.05) is 39.2 Å². The Morgan fingerprint density at radius 1 is 1.12 bits per heavy atom. The molecule has 10 heteroatoms. The second kappa shape index (κ2) is 12.4. The zero-order chi connectivity index (χ0) is 22.6. The van der Waals surface area contributed by atoms with Crippen molar-refractivity contribution in [2.45, 2.75) is 6.54 Å². The van der Waals surface area contributed by atoms with Crippen LogP contribution in [0, 0.1) is 5.95 Å². The third kappa shape index (κ3) is 7.05. The minimum atomic E-state index is -0.562. The van der Waals surface area contributed by atoms with E-state index in [2.05, 4.69) is 31.1 Å². The number of hydrogen-bond donors (Lipinski definition) is 3. The average Bonchev–Trinajstić information content (AvgIpc) is 2.82. The highest BCUT2D eigenvalue weighted by Crippen LogP contribution is 2.28. The molecule has 0 atom stereocenters. The zero-order valence-corrected chi connectivity index (χ0v) is 18.0. The van der Waals surface area contributed by atoms with Crippen molar-refractivity contribution in [2.24, 2.45) is 4.99 Å². The average molecular weight is 439 g/mol. The van der Waals surface area contributed by atoms with Crippen LogP contribution >= 0.6 is 0 Å². The molecule has 3 heterocycles. The molecule has 0 bridgehead atoms. The number of ether oxygens (including phenoxy) is 1. The first-order valence-corrected chi connectivity index (χ1v) is 10.0. The lowest BCUT2D eigenvalue weighted by molar-refractivity contribution is 0.0933. The molecule has 0 saturated carbocycles. The summed E-state index contributed by atoms with van der Waals surface area (Å²) in [4.78, 5) is 22.0. The van der Waals surface area contributed by atoms with Crippen molar-refractivity contribution in [1.29, 1.82) is 0 Å². The van der Waals surface area contributed by atoms with Crippen LogP contribution in [0.25, 0.3) is 11.3 Å². The number of aromatic nitrogens is 3. The Labute approximate surface area is 186 Å². The standard InChI is InChI=1S/C22H26FN7O2/c1-31-15-21(26-10-11-28-32-2)29-19-6-5-18(17-7-9-25-20(23)12-17)30-22(19)27-14-16-4-3-8-24-13-16/h3-9,12-13,28H,10-11,14-15H2,1-2H3,(H,26,29)(H,27,30). The maximum atomic E-state index is 13.6. The number of aliphatic imine (C=N–C) groups is 1. The number of methoxy groups -OCH3 is 1. The van der Waals surface area contributed by atoms with Crippen LogP contribution in [0.3, 0.4) is 0 Å². The highest BCUT2D eigenvalue weighted by molar-refractivity contribution is 5.87. The summed E-state index contributed by atoms with van der Waals surface area (Å²) in [6, 6.07) is 10.5.